The normalized spacial score (nSPS) is 11.7. The first-order valence-electron chi connectivity index (χ1n) is 6.20. The third-order valence-electron chi connectivity index (χ3n) is 2.84. The molecule has 0 aliphatic heterocycles. The van der Waals surface area contributed by atoms with Gasteiger partial charge in [0.2, 0.25) is 0 Å². The van der Waals surface area contributed by atoms with Crippen molar-refractivity contribution in [1.29, 1.82) is 0 Å². The molecular formula is C13H13N3O5S. The van der Waals surface area contributed by atoms with Gasteiger partial charge in [-0.2, -0.15) is 0 Å². The number of carbonyl (C=O) groups excluding carboxylic acids is 1. The lowest BCUT2D eigenvalue weighted by Crippen LogP contribution is -2.33. The van der Waals surface area contributed by atoms with Gasteiger partial charge in [0.15, 0.2) is 5.13 Å². The van der Waals surface area contributed by atoms with Crippen LogP contribution in [0.5, 0.6) is 0 Å². The average molecular weight is 323 g/mol. The van der Waals surface area contributed by atoms with Gasteiger partial charge in [0.1, 0.15) is 6.04 Å². The number of nitrogens with zero attached hydrogens (tertiary/aromatic N) is 2. The summed E-state index contributed by atoms with van der Waals surface area (Å²) in [6.45, 7) is -0.418. The summed E-state index contributed by atoms with van der Waals surface area (Å²) in [6, 6.07) is 5.10. The largest absolute Gasteiger partial charge is 0.467 e. The summed E-state index contributed by atoms with van der Waals surface area (Å²) in [5.41, 5.74) is 1.33. The SMILES string of the molecule is COC(=O)[C@H](CO)Nc1nc(-c2ccc([N+](=O)[O-])cc2)cs1. The summed E-state index contributed by atoms with van der Waals surface area (Å²) in [6.07, 6.45) is 0. The Kier molecular flexibility index (Phi) is 5.02. The first kappa shape index (κ1) is 15.9. The zero-order valence-corrected chi connectivity index (χ0v) is 12.4. The first-order chi connectivity index (χ1) is 10.5. The van der Waals surface area contributed by atoms with Crippen LogP contribution in [0, 0.1) is 10.1 Å². The number of benzene rings is 1. The fraction of sp³-hybridized carbons (Fsp3) is 0.231. The molecule has 0 aliphatic rings. The monoisotopic (exact) mass is 323 g/mol. The number of aromatic nitrogens is 1. The zero-order valence-electron chi connectivity index (χ0n) is 11.6. The van der Waals surface area contributed by atoms with Gasteiger partial charge in [-0.3, -0.25) is 10.1 Å². The van der Waals surface area contributed by atoms with E-state index in [4.69, 9.17) is 5.11 Å². The number of nitro benzene ring substituents is 1. The quantitative estimate of drug-likeness (QED) is 0.472. The molecule has 1 aromatic carbocycles. The molecule has 0 radical (unpaired) electrons. The molecule has 1 atom stereocenters. The highest BCUT2D eigenvalue weighted by molar-refractivity contribution is 7.14. The number of hydrogen-bond donors (Lipinski definition) is 2. The first-order valence-corrected chi connectivity index (χ1v) is 7.08. The van der Waals surface area contributed by atoms with E-state index in [0.717, 1.165) is 0 Å². The fourth-order valence-corrected chi connectivity index (χ4v) is 2.47. The molecule has 0 saturated heterocycles. The molecule has 1 heterocycles. The van der Waals surface area contributed by atoms with Crippen molar-refractivity contribution in [1.82, 2.24) is 4.98 Å². The number of non-ortho nitro benzene ring substituents is 1. The Morgan fingerprint density at radius 3 is 2.73 bits per heavy atom. The van der Waals surface area contributed by atoms with Crippen molar-refractivity contribution in [3.05, 3.63) is 39.8 Å². The smallest absolute Gasteiger partial charge is 0.330 e. The van der Waals surface area contributed by atoms with Gasteiger partial charge in [-0.25, -0.2) is 9.78 Å². The van der Waals surface area contributed by atoms with Crippen molar-refractivity contribution in [2.24, 2.45) is 0 Å². The summed E-state index contributed by atoms with van der Waals surface area (Å²) in [5.74, 6) is -0.588. The van der Waals surface area contributed by atoms with E-state index in [1.165, 1.54) is 30.6 Å². The summed E-state index contributed by atoms with van der Waals surface area (Å²) in [4.78, 5) is 25.8. The molecule has 0 spiro atoms. The van der Waals surface area contributed by atoms with E-state index in [1.807, 2.05) is 0 Å². The van der Waals surface area contributed by atoms with Crippen LogP contribution in [-0.4, -0.2) is 40.7 Å². The molecule has 1 aromatic heterocycles. The van der Waals surface area contributed by atoms with Crippen LogP contribution in [0.15, 0.2) is 29.6 Å². The van der Waals surface area contributed by atoms with Crippen molar-refractivity contribution < 1.29 is 19.6 Å². The third-order valence-corrected chi connectivity index (χ3v) is 3.62. The second kappa shape index (κ2) is 6.96. The molecule has 22 heavy (non-hydrogen) atoms. The van der Waals surface area contributed by atoms with Gasteiger partial charge < -0.3 is 15.2 Å². The Morgan fingerprint density at radius 2 is 2.18 bits per heavy atom. The molecule has 9 heteroatoms. The van der Waals surface area contributed by atoms with Gasteiger partial charge in [0.25, 0.3) is 5.69 Å². The standard InChI is InChI=1S/C13H13N3O5S/c1-21-12(18)10(6-17)14-13-15-11(7-22-13)8-2-4-9(5-3-8)16(19)20/h2-5,7,10,17H,6H2,1H3,(H,14,15)/t10-/m0/s1. The van der Waals surface area contributed by atoms with Gasteiger partial charge in [-0.15, -0.1) is 11.3 Å². The highest BCUT2D eigenvalue weighted by Gasteiger charge is 2.19. The maximum Gasteiger partial charge on any atom is 0.330 e. The number of carbonyl (C=O) groups is 1. The number of anilines is 1. The molecule has 116 valence electrons. The van der Waals surface area contributed by atoms with E-state index < -0.39 is 23.5 Å². The lowest BCUT2D eigenvalue weighted by Gasteiger charge is -2.12. The Bertz CT molecular complexity index is 671. The van der Waals surface area contributed by atoms with Crippen LogP contribution in [0.2, 0.25) is 0 Å². The minimum absolute atomic E-state index is 0.00311. The highest BCUT2D eigenvalue weighted by Crippen LogP contribution is 2.26. The number of methoxy groups -OCH3 is 1. The minimum atomic E-state index is -0.888. The molecule has 0 unspecified atom stereocenters. The average Bonchev–Trinajstić information content (AvgIpc) is 3.00. The Balaban J connectivity index is 2.13. The van der Waals surface area contributed by atoms with E-state index in [9.17, 15) is 14.9 Å². The summed E-state index contributed by atoms with van der Waals surface area (Å²) < 4.78 is 4.55. The number of thiazole rings is 1. The lowest BCUT2D eigenvalue weighted by molar-refractivity contribution is -0.384. The summed E-state index contributed by atoms with van der Waals surface area (Å²) in [5, 5.41) is 24.7. The van der Waals surface area contributed by atoms with E-state index in [1.54, 1.807) is 17.5 Å². The van der Waals surface area contributed by atoms with E-state index in [-0.39, 0.29) is 5.69 Å². The predicted octanol–water partition coefficient (Wildman–Crippen LogP) is 1.66. The van der Waals surface area contributed by atoms with Crippen molar-refractivity contribution in [2.45, 2.75) is 6.04 Å². The maximum atomic E-state index is 11.4. The molecule has 8 nitrogen and oxygen atoms in total. The molecule has 0 saturated carbocycles. The van der Waals surface area contributed by atoms with Gasteiger partial charge in [-0.1, -0.05) is 0 Å². The molecule has 2 aromatic rings. The number of aliphatic hydroxyl groups excluding tert-OH is 1. The van der Waals surface area contributed by atoms with Crippen molar-refractivity contribution in [3.8, 4) is 11.3 Å². The highest BCUT2D eigenvalue weighted by atomic mass is 32.1. The van der Waals surface area contributed by atoms with Crippen LogP contribution in [-0.2, 0) is 9.53 Å². The molecule has 0 aliphatic carbocycles. The van der Waals surface area contributed by atoms with Crippen LogP contribution in [0.4, 0.5) is 10.8 Å². The number of ether oxygens (including phenoxy) is 1. The van der Waals surface area contributed by atoms with Crippen LogP contribution >= 0.6 is 11.3 Å². The van der Waals surface area contributed by atoms with E-state index in [0.29, 0.717) is 16.4 Å². The van der Waals surface area contributed by atoms with Gasteiger partial charge in [-0.05, 0) is 12.1 Å². The minimum Gasteiger partial charge on any atom is -0.467 e. The summed E-state index contributed by atoms with van der Waals surface area (Å²) in [7, 11) is 1.23. The van der Waals surface area contributed by atoms with Gasteiger partial charge in [0.05, 0.1) is 24.3 Å². The fourth-order valence-electron chi connectivity index (χ4n) is 1.70. The van der Waals surface area contributed by atoms with E-state index >= 15 is 0 Å². The van der Waals surface area contributed by atoms with Gasteiger partial charge >= 0.3 is 5.97 Å². The number of aliphatic hydroxyl groups is 1. The molecule has 2 rings (SSSR count). The maximum absolute atomic E-state index is 11.4. The van der Waals surface area contributed by atoms with Crippen LogP contribution in [0.25, 0.3) is 11.3 Å². The Hall–Kier alpha value is -2.52. The van der Waals surface area contributed by atoms with Crippen molar-refractivity contribution in [3.63, 3.8) is 0 Å². The number of esters is 1. The predicted molar refractivity (Wildman–Crippen MR) is 80.7 cm³/mol. The van der Waals surface area contributed by atoms with Crippen LogP contribution < -0.4 is 5.32 Å². The van der Waals surface area contributed by atoms with Gasteiger partial charge in [0, 0.05) is 23.1 Å². The summed E-state index contributed by atoms with van der Waals surface area (Å²) >= 11 is 1.25. The van der Waals surface area contributed by atoms with Crippen molar-refractivity contribution in [2.75, 3.05) is 19.0 Å². The molecule has 0 fully saturated rings. The van der Waals surface area contributed by atoms with Crippen LogP contribution in [0.3, 0.4) is 0 Å². The molecular weight excluding hydrogens is 310 g/mol. The van der Waals surface area contributed by atoms with Crippen LogP contribution in [0.1, 0.15) is 0 Å². The third kappa shape index (κ3) is 3.57. The zero-order chi connectivity index (χ0) is 16.1. The number of rotatable bonds is 6. The Labute approximate surface area is 129 Å². The second-order valence-electron chi connectivity index (χ2n) is 4.24. The molecule has 2 N–H and O–H groups in total. The number of hydrogen-bond acceptors (Lipinski definition) is 8. The molecule has 0 bridgehead atoms. The number of nitro groups is 1. The number of nitrogens with one attached hydrogen (secondary N) is 1. The topological polar surface area (TPSA) is 115 Å². The van der Waals surface area contributed by atoms with Crippen molar-refractivity contribution >= 4 is 28.1 Å². The molecule has 0 amide bonds. The lowest BCUT2D eigenvalue weighted by atomic mass is 10.1. The second-order valence-corrected chi connectivity index (χ2v) is 5.10. The van der Waals surface area contributed by atoms with E-state index in [2.05, 4.69) is 15.0 Å². The Morgan fingerprint density at radius 1 is 1.50 bits per heavy atom.